The SMILES string of the molecule is Cc1cccc(C)c1NC(=O)CN(C)C(=O)CN1CCN(S(=O)(=O)N(C)C2CCCCC2)CC1. The number of para-hydroxylation sites is 1. The molecule has 0 aromatic heterocycles. The highest BCUT2D eigenvalue weighted by atomic mass is 32.2. The monoisotopic (exact) mass is 493 g/mol. The molecule has 0 unspecified atom stereocenters. The number of benzene rings is 1. The lowest BCUT2D eigenvalue weighted by molar-refractivity contribution is -0.134. The van der Waals surface area contributed by atoms with E-state index in [1.807, 2.05) is 36.9 Å². The fourth-order valence-corrected chi connectivity index (χ4v) is 6.32. The van der Waals surface area contributed by atoms with Crippen molar-refractivity contribution in [1.82, 2.24) is 18.4 Å². The van der Waals surface area contributed by atoms with Crippen molar-refractivity contribution in [1.29, 1.82) is 0 Å². The highest BCUT2D eigenvalue weighted by Crippen LogP contribution is 2.25. The molecule has 0 radical (unpaired) electrons. The van der Waals surface area contributed by atoms with E-state index in [0.717, 1.165) is 42.5 Å². The molecular formula is C24H39N5O4S. The molecule has 3 rings (SSSR count). The number of hydrogen-bond acceptors (Lipinski definition) is 5. The Morgan fingerprint density at radius 2 is 1.59 bits per heavy atom. The predicted molar refractivity (Wildman–Crippen MR) is 134 cm³/mol. The van der Waals surface area contributed by atoms with E-state index < -0.39 is 10.2 Å². The zero-order chi connectivity index (χ0) is 24.9. The Labute approximate surface area is 204 Å². The lowest BCUT2D eigenvalue weighted by Gasteiger charge is -2.38. The van der Waals surface area contributed by atoms with Crippen LogP contribution in [0.25, 0.3) is 0 Å². The van der Waals surface area contributed by atoms with Crippen LogP contribution in [0.2, 0.25) is 0 Å². The summed E-state index contributed by atoms with van der Waals surface area (Å²) in [6.45, 7) is 5.71. The van der Waals surface area contributed by atoms with E-state index >= 15 is 0 Å². The number of carbonyl (C=O) groups is 2. The second-order valence-corrected chi connectivity index (χ2v) is 11.5. The van der Waals surface area contributed by atoms with Gasteiger partial charge in [-0.15, -0.1) is 0 Å². The van der Waals surface area contributed by atoms with Crippen LogP contribution in [0, 0.1) is 13.8 Å². The number of anilines is 1. The maximum atomic E-state index is 13.1. The van der Waals surface area contributed by atoms with Crippen molar-refractivity contribution in [3.8, 4) is 0 Å². The molecule has 190 valence electrons. The lowest BCUT2D eigenvalue weighted by Crippen LogP contribution is -2.55. The first-order valence-electron chi connectivity index (χ1n) is 12.1. The summed E-state index contributed by atoms with van der Waals surface area (Å²) in [7, 11) is -0.179. The number of piperazine rings is 1. The Morgan fingerprint density at radius 1 is 1.00 bits per heavy atom. The van der Waals surface area contributed by atoms with Crippen molar-refractivity contribution in [2.45, 2.75) is 52.0 Å². The summed E-state index contributed by atoms with van der Waals surface area (Å²) in [6.07, 6.45) is 5.19. The first-order valence-corrected chi connectivity index (χ1v) is 13.5. The number of amides is 2. The fraction of sp³-hybridized carbons (Fsp3) is 0.667. The minimum Gasteiger partial charge on any atom is -0.335 e. The second-order valence-electron chi connectivity index (χ2n) is 9.56. The molecule has 1 heterocycles. The van der Waals surface area contributed by atoms with Crippen LogP contribution in [0.15, 0.2) is 18.2 Å². The van der Waals surface area contributed by atoms with E-state index in [-0.39, 0.29) is 30.9 Å². The molecule has 1 aliphatic heterocycles. The highest BCUT2D eigenvalue weighted by Gasteiger charge is 2.35. The van der Waals surface area contributed by atoms with Crippen LogP contribution in [0.4, 0.5) is 5.69 Å². The van der Waals surface area contributed by atoms with E-state index in [4.69, 9.17) is 0 Å². The number of likely N-dealkylation sites (N-methyl/N-ethyl adjacent to an activating group) is 1. The van der Waals surface area contributed by atoms with Crippen molar-refractivity contribution in [2.75, 3.05) is 58.7 Å². The van der Waals surface area contributed by atoms with E-state index in [1.165, 1.54) is 15.6 Å². The first-order chi connectivity index (χ1) is 16.1. The summed E-state index contributed by atoms with van der Waals surface area (Å²) in [4.78, 5) is 28.5. The van der Waals surface area contributed by atoms with Gasteiger partial charge >= 0.3 is 0 Å². The minimum atomic E-state index is -3.49. The van der Waals surface area contributed by atoms with Gasteiger partial charge in [-0.25, -0.2) is 0 Å². The molecule has 0 bridgehead atoms. The number of nitrogens with one attached hydrogen (secondary N) is 1. The Hall–Kier alpha value is -2.01. The van der Waals surface area contributed by atoms with Crippen LogP contribution in [-0.4, -0.2) is 98.0 Å². The van der Waals surface area contributed by atoms with Crippen LogP contribution < -0.4 is 5.32 Å². The zero-order valence-electron chi connectivity index (χ0n) is 20.9. The van der Waals surface area contributed by atoms with Crippen molar-refractivity contribution in [3.05, 3.63) is 29.3 Å². The topological polar surface area (TPSA) is 93.3 Å². The average molecular weight is 494 g/mol. The van der Waals surface area contributed by atoms with Gasteiger partial charge in [0.1, 0.15) is 0 Å². The molecule has 1 saturated heterocycles. The van der Waals surface area contributed by atoms with Crippen LogP contribution in [-0.2, 0) is 19.8 Å². The molecule has 1 aliphatic carbocycles. The summed E-state index contributed by atoms with van der Waals surface area (Å²) in [5.41, 5.74) is 2.73. The maximum absolute atomic E-state index is 13.1. The van der Waals surface area contributed by atoms with Gasteiger partial charge in [0.25, 0.3) is 10.2 Å². The standard InChI is InChI=1S/C24H39N5O4S/c1-19-9-8-10-20(2)24(19)25-22(30)17-26(3)23(31)18-28-13-15-29(16-14-28)34(32,33)27(4)21-11-6-5-7-12-21/h8-10,21H,5-7,11-18H2,1-4H3,(H,25,30). The van der Waals surface area contributed by atoms with Crippen LogP contribution in [0.5, 0.6) is 0 Å². The third-order valence-corrected chi connectivity index (χ3v) is 9.07. The van der Waals surface area contributed by atoms with Gasteiger partial charge < -0.3 is 10.2 Å². The summed E-state index contributed by atoms with van der Waals surface area (Å²) in [6, 6.07) is 5.89. The smallest absolute Gasteiger partial charge is 0.282 e. The summed E-state index contributed by atoms with van der Waals surface area (Å²) >= 11 is 0. The molecule has 10 heteroatoms. The Kier molecular flexibility index (Phi) is 9.08. The Morgan fingerprint density at radius 3 is 2.18 bits per heavy atom. The van der Waals surface area contributed by atoms with Crippen molar-refractivity contribution < 1.29 is 18.0 Å². The van der Waals surface area contributed by atoms with Gasteiger partial charge in [-0.2, -0.15) is 17.0 Å². The van der Waals surface area contributed by atoms with Crippen LogP contribution in [0.1, 0.15) is 43.2 Å². The molecule has 1 aromatic carbocycles. The maximum Gasteiger partial charge on any atom is 0.282 e. The number of rotatable bonds is 8. The molecular weight excluding hydrogens is 454 g/mol. The quantitative estimate of drug-likeness (QED) is 0.596. The van der Waals surface area contributed by atoms with Crippen molar-refractivity contribution in [2.24, 2.45) is 0 Å². The molecule has 9 nitrogen and oxygen atoms in total. The van der Waals surface area contributed by atoms with Gasteiger partial charge in [-0.3, -0.25) is 14.5 Å². The van der Waals surface area contributed by atoms with Crippen molar-refractivity contribution in [3.63, 3.8) is 0 Å². The summed E-state index contributed by atoms with van der Waals surface area (Å²) in [5.74, 6) is -0.401. The average Bonchev–Trinajstić information content (AvgIpc) is 2.82. The number of hydrogen-bond donors (Lipinski definition) is 1. The minimum absolute atomic E-state index is 0.0346. The van der Waals surface area contributed by atoms with Crippen LogP contribution in [0.3, 0.4) is 0 Å². The van der Waals surface area contributed by atoms with Gasteiger partial charge in [0.05, 0.1) is 13.1 Å². The highest BCUT2D eigenvalue weighted by molar-refractivity contribution is 7.86. The third-order valence-electron chi connectivity index (χ3n) is 7.02. The van der Waals surface area contributed by atoms with E-state index in [9.17, 15) is 18.0 Å². The molecule has 2 amide bonds. The molecule has 0 atom stereocenters. The van der Waals surface area contributed by atoms with Gasteiger partial charge in [-0.05, 0) is 37.8 Å². The van der Waals surface area contributed by atoms with E-state index in [1.54, 1.807) is 18.4 Å². The van der Waals surface area contributed by atoms with Gasteiger partial charge in [0.15, 0.2) is 0 Å². The fourth-order valence-electron chi connectivity index (χ4n) is 4.74. The molecule has 0 spiro atoms. The third kappa shape index (κ3) is 6.56. The van der Waals surface area contributed by atoms with Crippen molar-refractivity contribution >= 4 is 27.7 Å². The Bertz CT molecular complexity index is 949. The molecule has 2 fully saturated rings. The predicted octanol–water partition coefficient (Wildman–Crippen LogP) is 1.83. The molecule has 1 aromatic rings. The molecule has 2 aliphatic rings. The largest absolute Gasteiger partial charge is 0.335 e. The van der Waals surface area contributed by atoms with E-state index in [0.29, 0.717) is 26.2 Å². The van der Waals surface area contributed by atoms with Gasteiger partial charge in [0.2, 0.25) is 11.8 Å². The Balaban J connectivity index is 1.46. The second kappa shape index (κ2) is 11.6. The lowest BCUT2D eigenvalue weighted by atomic mass is 9.96. The van der Waals surface area contributed by atoms with Crippen LogP contribution >= 0.6 is 0 Å². The normalized spacial score (nSPS) is 18.7. The van der Waals surface area contributed by atoms with E-state index in [2.05, 4.69) is 5.32 Å². The van der Waals surface area contributed by atoms with Gasteiger partial charge in [0, 0.05) is 52.0 Å². The number of aryl methyl sites for hydroxylation is 2. The first kappa shape index (κ1) is 26.6. The summed E-state index contributed by atoms with van der Waals surface area (Å²) in [5, 5.41) is 2.90. The number of carbonyl (C=O) groups excluding carboxylic acids is 2. The molecule has 1 N–H and O–H groups in total. The molecule has 1 saturated carbocycles. The number of nitrogens with zero attached hydrogens (tertiary/aromatic N) is 4. The summed E-state index contributed by atoms with van der Waals surface area (Å²) < 4.78 is 29.2. The van der Waals surface area contributed by atoms with Gasteiger partial charge in [-0.1, -0.05) is 37.5 Å². The molecule has 34 heavy (non-hydrogen) atoms. The zero-order valence-corrected chi connectivity index (χ0v) is 21.7.